The summed E-state index contributed by atoms with van der Waals surface area (Å²) in [5.41, 5.74) is -1.09. The highest BCUT2D eigenvalue weighted by Gasteiger charge is 2.47. The average molecular weight is 491 g/mol. The summed E-state index contributed by atoms with van der Waals surface area (Å²) in [5, 5.41) is 12.3. The summed E-state index contributed by atoms with van der Waals surface area (Å²) >= 11 is 0. The molecule has 12 heteroatoms. The standard InChI is InChI=1S/C22H20F3N5O3S/c1-11(12-5-4-6-13(16(12)23)17(24)25)27-18-14-9-15(22(10-26)7-8-22)20(33-2)28-19(14)30-21(29-18)34(3,31)32/h4-6,9,11,17H,7-8H2,1-3H3,(H,27,28,29,30)/t11-/m1/s1. The molecule has 1 atom stereocenters. The predicted molar refractivity (Wildman–Crippen MR) is 117 cm³/mol. The third kappa shape index (κ3) is 4.11. The number of nitriles is 1. The Bertz CT molecular complexity index is 1440. The molecule has 2 aromatic heterocycles. The summed E-state index contributed by atoms with van der Waals surface area (Å²) in [7, 11) is -2.48. The van der Waals surface area contributed by atoms with E-state index in [0.717, 1.165) is 12.3 Å². The third-order valence-corrected chi connectivity index (χ3v) is 6.60. The quantitative estimate of drug-likeness (QED) is 0.488. The number of nitrogens with zero attached hydrogens (tertiary/aromatic N) is 4. The fraction of sp³-hybridized carbons (Fsp3) is 0.364. The van der Waals surface area contributed by atoms with Crippen LogP contribution in [-0.2, 0) is 15.3 Å². The number of alkyl halides is 2. The maximum absolute atomic E-state index is 14.7. The number of pyridine rings is 1. The molecule has 0 bridgehead atoms. The van der Waals surface area contributed by atoms with E-state index in [1.165, 1.54) is 26.2 Å². The fourth-order valence-electron chi connectivity index (χ4n) is 3.71. The van der Waals surface area contributed by atoms with E-state index in [-0.39, 0.29) is 28.3 Å². The van der Waals surface area contributed by atoms with Gasteiger partial charge in [-0.25, -0.2) is 26.6 Å². The smallest absolute Gasteiger partial charge is 0.266 e. The molecule has 1 saturated carbocycles. The lowest BCUT2D eigenvalue weighted by atomic mass is 9.97. The monoisotopic (exact) mass is 491 g/mol. The van der Waals surface area contributed by atoms with E-state index < -0.39 is 44.3 Å². The van der Waals surface area contributed by atoms with Crippen LogP contribution in [-0.4, -0.2) is 36.7 Å². The number of ether oxygens (including phenoxy) is 1. The lowest BCUT2D eigenvalue weighted by molar-refractivity contribution is 0.146. The highest BCUT2D eigenvalue weighted by Crippen LogP contribution is 2.51. The van der Waals surface area contributed by atoms with E-state index in [0.29, 0.717) is 18.4 Å². The number of aromatic nitrogens is 3. The molecule has 34 heavy (non-hydrogen) atoms. The second-order valence-corrected chi connectivity index (χ2v) is 10.1. The van der Waals surface area contributed by atoms with Crippen LogP contribution in [0, 0.1) is 17.1 Å². The van der Waals surface area contributed by atoms with Crippen molar-refractivity contribution in [2.24, 2.45) is 0 Å². The summed E-state index contributed by atoms with van der Waals surface area (Å²) in [6, 6.07) is 6.64. The molecular formula is C22H20F3N5O3S. The Morgan fingerprint density at radius 3 is 2.44 bits per heavy atom. The Kier molecular flexibility index (Phi) is 5.85. The number of hydrogen-bond donors (Lipinski definition) is 1. The Morgan fingerprint density at radius 1 is 1.21 bits per heavy atom. The van der Waals surface area contributed by atoms with Crippen LogP contribution in [0.3, 0.4) is 0 Å². The molecule has 1 aliphatic carbocycles. The van der Waals surface area contributed by atoms with Crippen molar-refractivity contribution in [2.75, 3.05) is 18.7 Å². The van der Waals surface area contributed by atoms with Crippen molar-refractivity contribution in [3.63, 3.8) is 0 Å². The maximum Gasteiger partial charge on any atom is 0.266 e. The van der Waals surface area contributed by atoms with E-state index in [2.05, 4.69) is 26.3 Å². The van der Waals surface area contributed by atoms with Crippen LogP contribution >= 0.6 is 0 Å². The molecule has 1 fully saturated rings. The minimum absolute atomic E-state index is 0.00455. The van der Waals surface area contributed by atoms with Gasteiger partial charge in [-0.05, 0) is 25.8 Å². The van der Waals surface area contributed by atoms with Crippen molar-refractivity contribution in [1.29, 1.82) is 5.26 Å². The van der Waals surface area contributed by atoms with Gasteiger partial charge in [0.05, 0.1) is 35.6 Å². The molecule has 0 aliphatic heterocycles. The van der Waals surface area contributed by atoms with E-state index >= 15 is 0 Å². The minimum Gasteiger partial charge on any atom is -0.481 e. The van der Waals surface area contributed by atoms with Gasteiger partial charge in [-0.1, -0.05) is 18.2 Å². The zero-order valence-corrected chi connectivity index (χ0v) is 19.3. The van der Waals surface area contributed by atoms with Crippen molar-refractivity contribution < 1.29 is 26.3 Å². The third-order valence-electron chi connectivity index (χ3n) is 5.75. The van der Waals surface area contributed by atoms with E-state index in [1.807, 2.05) is 0 Å². The first kappa shape index (κ1) is 23.7. The van der Waals surface area contributed by atoms with E-state index in [4.69, 9.17) is 4.74 Å². The topological polar surface area (TPSA) is 118 Å². The summed E-state index contributed by atoms with van der Waals surface area (Å²) in [6.07, 6.45) is -0.878. The second kappa shape index (κ2) is 8.39. The van der Waals surface area contributed by atoms with Gasteiger partial charge in [0.1, 0.15) is 11.6 Å². The van der Waals surface area contributed by atoms with Gasteiger partial charge in [-0.2, -0.15) is 15.2 Å². The van der Waals surface area contributed by atoms with Crippen molar-refractivity contribution in [3.8, 4) is 11.9 Å². The Balaban J connectivity index is 1.89. The molecule has 4 rings (SSSR count). The number of methoxy groups -OCH3 is 1. The maximum atomic E-state index is 14.7. The first-order chi connectivity index (χ1) is 16.0. The number of sulfone groups is 1. The Hall–Kier alpha value is -3.46. The summed E-state index contributed by atoms with van der Waals surface area (Å²) in [6.45, 7) is 1.53. The van der Waals surface area contributed by atoms with Gasteiger partial charge in [-0.3, -0.25) is 0 Å². The van der Waals surface area contributed by atoms with Crippen LogP contribution in [0.15, 0.2) is 29.4 Å². The molecule has 0 spiro atoms. The number of benzene rings is 1. The number of rotatable bonds is 7. The fourth-order valence-corrected chi connectivity index (χ4v) is 4.22. The number of halogens is 3. The molecule has 0 saturated heterocycles. The zero-order chi connectivity index (χ0) is 24.8. The number of fused-ring (bicyclic) bond motifs is 1. The van der Waals surface area contributed by atoms with Gasteiger partial charge >= 0.3 is 0 Å². The normalized spacial score (nSPS) is 15.7. The molecule has 178 valence electrons. The highest BCUT2D eigenvalue weighted by atomic mass is 32.2. The van der Waals surface area contributed by atoms with Gasteiger partial charge < -0.3 is 10.1 Å². The second-order valence-electron chi connectivity index (χ2n) is 8.15. The number of nitrogens with one attached hydrogen (secondary N) is 1. The number of anilines is 1. The molecule has 0 amide bonds. The average Bonchev–Trinajstić information content (AvgIpc) is 3.58. The molecule has 2 heterocycles. The molecule has 1 N–H and O–H groups in total. The van der Waals surface area contributed by atoms with Gasteiger partial charge in [0.2, 0.25) is 15.7 Å². The summed E-state index contributed by atoms with van der Waals surface area (Å²) < 4.78 is 70.8. The predicted octanol–water partition coefficient (Wildman–Crippen LogP) is 4.24. The highest BCUT2D eigenvalue weighted by molar-refractivity contribution is 7.90. The van der Waals surface area contributed by atoms with Gasteiger partial charge in [0.25, 0.3) is 11.6 Å². The largest absolute Gasteiger partial charge is 0.481 e. The molecule has 1 aliphatic rings. The van der Waals surface area contributed by atoms with Crippen LogP contribution in [0.4, 0.5) is 19.0 Å². The first-order valence-corrected chi connectivity index (χ1v) is 12.1. The zero-order valence-electron chi connectivity index (χ0n) is 18.4. The van der Waals surface area contributed by atoms with Crippen molar-refractivity contribution in [1.82, 2.24) is 15.0 Å². The van der Waals surface area contributed by atoms with Gasteiger partial charge in [0, 0.05) is 17.4 Å². The van der Waals surface area contributed by atoms with Crippen LogP contribution in [0.5, 0.6) is 5.88 Å². The van der Waals surface area contributed by atoms with Crippen LogP contribution < -0.4 is 10.1 Å². The molecule has 0 unspecified atom stereocenters. The molecule has 8 nitrogen and oxygen atoms in total. The van der Waals surface area contributed by atoms with E-state index in [9.17, 15) is 26.9 Å². The molecular weight excluding hydrogens is 471 g/mol. The van der Waals surface area contributed by atoms with E-state index in [1.54, 1.807) is 6.07 Å². The molecule has 3 aromatic rings. The Morgan fingerprint density at radius 2 is 1.88 bits per heavy atom. The lowest BCUT2D eigenvalue weighted by Crippen LogP contribution is -2.15. The Labute approximate surface area is 193 Å². The lowest BCUT2D eigenvalue weighted by Gasteiger charge is -2.19. The summed E-state index contributed by atoms with van der Waals surface area (Å²) in [4.78, 5) is 12.5. The first-order valence-electron chi connectivity index (χ1n) is 10.2. The van der Waals surface area contributed by atoms with Gasteiger partial charge in [0.15, 0.2) is 5.65 Å². The molecule has 0 radical (unpaired) electrons. The van der Waals surface area contributed by atoms with Crippen molar-refractivity contribution in [2.45, 2.75) is 42.8 Å². The molecule has 1 aromatic carbocycles. The number of hydrogen-bond acceptors (Lipinski definition) is 8. The van der Waals surface area contributed by atoms with Gasteiger partial charge in [-0.15, -0.1) is 0 Å². The van der Waals surface area contributed by atoms with Crippen molar-refractivity contribution >= 4 is 26.7 Å². The SMILES string of the molecule is COc1nc2nc(S(C)(=O)=O)nc(N[C@H](C)c3cccc(C(F)F)c3F)c2cc1C1(C#N)CC1. The summed E-state index contributed by atoms with van der Waals surface area (Å²) in [5.74, 6) is -0.926. The minimum atomic E-state index is -3.86. The van der Waals surface area contributed by atoms with Crippen molar-refractivity contribution in [3.05, 3.63) is 46.8 Å². The van der Waals surface area contributed by atoms with Crippen LogP contribution in [0.1, 0.15) is 48.9 Å². The van der Waals surface area contributed by atoms with Crippen LogP contribution in [0.2, 0.25) is 0 Å². The van der Waals surface area contributed by atoms with Crippen LogP contribution in [0.25, 0.3) is 11.0 Å².